The van der Waals surface area contributed by atoms with E-state index in [0.29, 0.717) is 19.1 Å². The van der Waals surface area contributed by atoms with E-state index in [1.54, 1.807) is 0 Å². The van der Waals surface area contributed by atoms with Crippen molar-refractivity contribution in [2.24, 2.45) is 28.6 Å². The Bertz CT molecular complexity index is 779. The maximum atomic E-state index is 14.2. The van der Waals surface area contributed by atoms with Gasteiger partial charge in [0.25, 0.3) is 0 Å². The monoisotopic (exact) mass is 377 g/mol. The van der Waals surface area contributed by atoms with Crippen LogP contribution in [0.25, 0.3) is 0 Å². The number of fused-ring (bicyclic) bond motifs is 1. The van der Waals surface area contributed by atoms with E-state index in [2.05, 4.69) is 45.6 Å². The zero-order chi connectivity index (χ0) is 18.4. The highest BCUT2D eigenvalue weighted by Crippen LogP contribution is 2.86. The number of likely N-dealkylation sites (tertiary alicyclic amines) is 1. The van der Waals surface area contributed by atoms with Crippen molar-refractivity contribution < 1.29 is 14.3 Å². The molecule has 0 aromatic rings. The van der Waals surface area contributed by atoms with Crippen molar-refractivity contribution in [3.63, 3.8) is 0 Å². The third-order valence-electron chi connectivity index (χ3n) is 9.18. The zero-order valence-electron chi connectivity index (χ0n) is 16.2. The highest BCUT2D eigenvalue weighted by Gasteiger charge is 2.97. The average molecular weight is 378 g/mol. The number of amides is 1. The number of nitrogens with zero attached hydrogens (tertiary/aromatic N) is 1. The van der Waals surface area contributed by atoms with Gasteiger partial charge in [-0.2, -0.15) is 0 Å². The minimum Gasteiger partial charge on any atom is -0.376 e. The molecule has 26 heavy (non-hydrogen) atoms. The van der Waals surface area contributed by atoms with Crippen LogP contribution in [0.4, 0.5) is 0 Å². The fraction of sp³-hybridized carbons (Fsp3) is 0.857. The van der Waals surface area contributed by atoms with E-state index < -0.39 is 11.0 Å². The van der Waals surface area contributed by atoms with Gasteiger partial charge >= 0.3 is 0 Å². The number of allylic oxidation sites excluding steroid dienone is 1. The quantitative estimate of drug-likeness (QED) is 0.548. The molecule has 1 amide bonds. The first-order valence-corrected chi connectivity index (χ1v) is 10.6. The molecule has 5 fully saturated rings. The predicted octanol–water partition coefficient (Wildman–Crippen LogP) is 2.99. The lowest BCUT2D eigenvalue weighted by molar-refractivity contribution is -0.258. The fourth-order valence-corrected chi connectivity index (χ4v) is 9.11. The lowest BCUT2D eigenvalue weighted by atomic mass is 9.32. The predicted molar refractivity (Wildman–Crippen MR) is 97.8 cm³/mol. The normalized spacial score (nSPS) is 58.4. The van der Waals surface area contributed by atoms with Crippen molar-refractivity contribution in [2.75, 3.05) is 13.2 Å². The van der Waals surface area contributed by atoms with E-state index in [1.807, 2.05) is 0 Å². The van der Waals surface area contributed by atoms with Crippen LogP contribution in [0, 0.1) is 28.6 Å². The molecule has 142 valence electrons. The van der Waals surface area contributed by atoms with Crippen molar-refractivity contribution in [1.82, 2.24) is 4.90 Å². The number of hydrogen-bond acceptors (Lipinski definition) is 3. The zero-order valence-corrected chi connectivity index (χ0v) is 17.0. The molecule has 0 aromatic heterocycles. The lowest BCUT2D eigenvalue weighted by Gasteiger charge is -2.76. The fourth-order valence-electron chi connectivity index (χ4n) is 8.56. The summed E-state index contributed by atoms with van der Waals surface area (Å²) in [6, 6.07) is 0.136. The molecule has 0 unspecified atom stereocenters. The van der Waals surface area contributed by atoms with Gasteiger partial charge in [-0.3, -0.25) is 4.79 Å². The van der Waals surface area contributed by atoms with E-state index in [1.165, 1.54) is 5.57 Å². The van der Waals surface area contributed by atoms with Crippen LogP contribution in [-0.2, 0) is 14.3 Å². The second kappa shape index (κ2) is 4.21. The first-order chi connectivity index (χ1) is 12.2. The van der Waals surface area contributed by atoms with Crippen molar-refractivity contribution in [1.29, 1.82) is 0 Å². The van der Waals surface area contributed by atoms with Crippen molar-refractivity contribution >= 4 is 17.5 Å². The Kier molecular flexibility index (Phi) is 2.65. The van der Waals surface area contributed by atoms with Crippen molar-refractivity contribution in [2.45, 2.75) is 69.7 Å². The van der Waals surface area contributed by atoms with Gasteiger partial charge in [0.1, 0.15) is 16.6 Å². The van der Waals surface area contributed by atoms with E-state index in [0.717, 1.165) is 6.42 Å². The van der Waals surface area contributed by atoms with E-state index in [9.17, 15) is 4.79 Å². The number of ether oxygens (including phenoxy) is 2. The Morgan fingerprint density at radius 2 is 2.00 bits per heavy atom. The standard InChI is InChI=1S/C21H28ClNO3/c1-10(2)12-6-7-13-14-18(5)15(22)16-21(12,13)17(24)23(11(3)4)19(14)8-25-9-20(18,19)26-16/h7,10-12,14-16H,6,8-9H2,1-5H3/t12-,14-,15+,16-,18-,19-,20+,21+/m1/s1. The third-order valence-corrected chi connectivity index (χ3v) is 9.86. The molecule has 4 nitrogen and oxygen atoms in total. The van der Waals surface area contributed by atoms with Crippen LogP contribution in [0.15, 0.2) is 11.6 Å². The Balaban J connectivity index is 1.71. The van der Waals surface area contributed by atoms with Gasteiger partial charge in [0, 0.05) is 17.4 Å². The summed E-state index contributed by atoms with van der Waals surface area (Å²) in [5.41, 5.74) is -0.176. The number of piperidine rings is 1. The number of rotatable bonds is 2. The molecule has 5 heteroatoms. The van der Waals surface area contributed by atoms with Crippen LogP contribution in [0.1, 0.15) is 41.0 Å². The summed E-state index contributed by atoms with van der Waals surface area (Å²) in [4.78, 5) is 16.4. The minimum atomic E-state index is -0.561. The summed E-state index contributed by atoms with van der Waals surface area (Å²) in [5, 5.41) is -0.128. The average Bonchev–Trinajstić information content (AvgIpc) is 3.11. The molecule has 2 spiro atoms. The van der Waals surface area contributed by atoms with Crippen LogP contribution in [0.5, 0.6) is 0 Å². The molecule has 8 atom stereocenters. The van der Waals surface area contributed by atoms with Gasteiger partial charge in [-0.1, -0.05) is 26.8 Å². The Hall–Kier alpha value is -0.580. The van der Waals surface area contributed by atoms with Gasteiger partial charge in [-0.05, 0) is 37.7 Å². The molecule has 0 N–H and O–H groups in total. The molecular weight excluding hydrogens is 350 g/mol. The molecular formula is C21H28ClNO3. The van der Waals surface area contributed by atoms with Crippen molar-refractivity contribution in [3.05, 3.63) is 11.6 Å². The SMILES string of the molecule is CC(C)[C@H]1CC=C2[C@@H]3[C@]4(C)[C@@H](Cl)[C@H]5O[C@@]46COC[C@@]36N(C(C)C)C(=O)[C@]215. The van der Waals surface area contributed by atoms with Crippen LogP contribution in [0.3, 0.4) is 0 Å². The Labute approximate surface area is 160 Å². The first kappa shape index (κ1) is 16.4. The topological polar surface area (TPSA) is 38.8 Å². The van der Waals surface area contributed by atoms with E-state index >= 15 is 0 Å². The number of hydrogen-bond donors (Lipinski definition) is 0. The maximum absolute atomic E-state index is 14.2. The van der Waals surface area contributed by atoms with Crippen LogP contribution in [-0.4, -0.2) is 52.7 Å². The molecule has 0 aromatic carbocycles. The van der Waals surface area contributed by atoms with Crippen LogP contribution < -0.4 is 0 Å². The van der Waals surface area contributed by atoms with Crippen LogP contribution in [0.2, 0.25) is 0 Å². The molecule has 3 aliphatic carbocycles. The summed E-state index contributed by atoms with van der Waals surface area (Å²) in [5.74, 6) is 1.22. The van der Waals surface area contributed by atoms with Crippen molar-refractivity contribution in [3.8, 4) is 0 Å². The first-order valence-electron chi connectivity index (χ1n) is 10.2. The molecule has 3 saturated heterocycles. The van der Waals surface area contributed by atoms with Gasteiger partial charge in [0.05, 0.1) is 24.7 Å². The number of halogens is 1. The molecule has 0 radical (unpaired) electrons. The van der Waals surface area contributed by atoms with Gasteiger partial charge in [-0.25, -0.2) is 0 Å². The summed E-state index contributed by atoms with van der Waals surface area (Å²) in [7, 11) is 0. The summed E-state index contributed by atoms with van der Waals surface area (Å²) in [6.45, 7) is 12.2. The number of carbonyl (C=O) groups is 1. The Morgan fingerprint density at radius 1 is 1.27 bits per heavy atom. The maximum Gasteiger partial charge on any atom is 0.236 e. The van der Waals surface area contributed by atoms with E-state index in [-0.39, 0.29) is 46.2 Å². The highest BCUT2D eigenvalue weighted by atomic mass is 35.5. The van der Waals surface area contributed by atoms with Gasteiger partial charge in [0.2, 0.25) is 5.91 Å². The smallest absolute Gasteiger partial charge is 0.236 e. The molecule has 3 aliphatic heterocycles. The molecule has 6 rings (SSSR count). The molecule has 3 heterocycles. The lowest BCUT2D eigenvalue weighted by Crippen LogP contribution is -2.91. The highest BCUT2D eigenvalue weighted by molar-refractivity contribution is 6.23. The van der Waals surface area contributed by atoms with Gasteiger partial charge in [0.15, 0.2) is 0 Å². The second-order valence-electron chi connectivity index (χ2n) is 10.3. The summed E-state index contributed by atoms with van der Waals surface area (Å²) >= 11 is 7.14. The Morgan fingerprint density at radius 3 is 2.65 bits per heavy atom. The largest absolute Gasteiger partial charge is 0.376 e. The minimum absolute atomic E-state index is 0.128. The molecule has 4 bridgehead atoms. The summed E-state index contributed by atoms with van der Waals surface area (Å²) < 4.78 is 13.0. The van der Waals surface area contributed by atoms with Gasteiger partial charge in [-0.15, -0.1) is 11.6 Å². The van der Waals surface area contributed by atoms with Gasteiger partial charge < -0.3 is 14.4 Å². The number of alkyl halides is 1. The second-order valence-corrected chi connectivity index (χ2v) is 10.8. The summed E-state index contributed by atoms with van der Waals surface area (Å²) in [6.07, 6.45) is 3.12. The molecule has 6 aliphatic rings. The van der Waals surface area contributed by atoms with Crippen LogP contribution >= 0.6 is 11.6 Å². The third kappa shape index (κ3) is 1.10. The number of carbonyl (C=O) groups excluding carboxylic acids is 1. The van der Waals surface area contributed by atoms with E-state index in [4.69, 9.17) is 21.1 Å². The molecule has 2 saturated carbocycles.